The molecular weight excluding hydrogens is 254 g/mol. The van der Waals surface area contributed by atoms with Crippen molar-refractivity contribution in [2.45, 2.75) is 19.5 Å². The first kappa shape index (κ1) is 13.7. The highest BCUT2D eigenvalue weighted by Crippen LogP contribution is 2.28. The second-order valence-electron chi connectivity index (χ2n) is 3.17. The summed E-state index contributed by atoms with van der Waals surface area (Å²) in [4.78, 5) is 11.0. The molecule has 0 fully saturated rings. The second kappa shape index (κ2) is 6.39. The third-order valence-electron chi connectivity index (χ3n) is 2.10. The van der Waals surface area contributed by atoms with Gasteiger partial charge in [0, 0.05) is 17.0 Å². The molecule has 0 aromatic heterocycles. The Balaban J connectivity index is 2.83. The summed E-state index contributed by atoms with van der Waals surface area (Å²) in [6.07, 6.45) is 0.244. The van der Waals surface area contributed by atoms with E-state index in [1.165, 1.54) is 19.2 Å². The van der Waals surface area contributed by atoms with Gasteiger partial charge in [0.25, 0.3) is 0 Å². The Morgan fingerprint density at radius 1 is 1.47 bits per heavy atom. The molecule has 17 heavy (non-hydrogen) atoms. The van der Waals surface area contributed by atoms with Crippen molar-refractivity contribution in [3.05, 3.63) is 28.8 Å². The molecule has 0 aliphatic rings. The van der Waals surface area contributed by atoms with Crippen LogP contribution in [-0.2, 0) is 16.0 Å². The molecule has 6 heteroatoms. The minimum atomic E-state index is -2.93. The van der Waals surface area contributed by atoms with Gasteiger partial charge in [0.05, 0.1) is 7.11 Å². The van der Waals surface area contributed by atoms with Crippen molar-refractivity contribution >= 4 is 17.6 Å². The van der Waals surface area contributed by atoms with E-state index < -0.39 is 12.6 Å². The van der Waals surface area contributed by atoms with Crippen LogP contribution < -0.4 is 4.74 Å². The first-order chi connectivity index (χ1) is 8.04. The van der Waals surface area contributed by atoms with E-state index in [2.05, 4.69) is 9.47 Å². The zero-order valence-corrected chi connectivity index (χ0v) is 9.84. The van der Waals surface area contributed by atoms with Crippen LogP contribution in [0.25, 0.3) is 0 Å². The van der Waals surface area contributed by atoms with Gasteiger partial charge >= 0.3 is 12.6 Å². The largest absolute Gasteiger partial charge is 0.469 e. The van der Waals surface area contributed by atoms with E-state index in [9.17, 15) is 13.6 Å². The summed E-state index contributed by atoms with van der Waals surface area (Å²) in [5.41, 5.74) is 0.375. The van der Waals surface area contributed by atoms with Crippen LogP contribution in [0.5, 0.6) is 5.75 Å². The Morgan fingerprint density at radius 3 is 2.76 bits per heavy atom. The lowest BCUT2D eigenvalue weighted by molar-refractivity contribution is -0.140. The maximum atomic E-state index is 12.1. The highest BCUT2D eigenvalue weighted by atomic mass is 35.5. The molecule has 1 aromatic carbocycles. The topological polar surface area (TPSA) is 35.5 Å². The Bertz CT molecular complexity index is 396. The van der Waals surface area contributed by atoms with E-state index in [1.807, 2.05) is 0 Å². The Kier molecular flexibility index (Phi) is 5.15. The fraction of sp³-hybridized carbons (Fsp3) is 0.364. The minimum absolute atomic E-state index is 0.0172. The van der Waals surface area contributed by atoms with Gasteiger partial charge in [-0.15, -0.1) is 0 Å². The van der Waals surface area contributed by atoms with Crippen LogP contribution in [0.2, 0.25) is 5.02 Å². The number of hydrogen-bond acceptors (Lipinski definition) is 3. The fourth-order valence-corrected chi connectivity index (χ4v) is 1.58. The Hall–Kier alpha value is -1.36. The summed E-state index contributed by atoms with van der Waals surface area (Å²) in [6.45, 7) is -2.93. The summed E-state index contributed by atoms with van der Waals surface area (Å²) < 4.78 is 33.1. The van der Waals surface area contributed by atoms with Gasteiger partial charge in [-0.2, -0.15) is 8.78 Å². The van der Waals surface area contributed by atoms with Gasteiger partial charge in [-0.3, -0.25) is 4.79 Å². The molecule has 1 rings (SSSR count). The molecule has 1 aromatic rings. The predicted octanol–water partition coefficient (Wildman–Crippen LogP) is 3.05. The first-order valence-corrected chi connectivity index (χ1v) is 5.21. The van der Waals surface area contributed by atoms with Crippen LogP contribution in [0.3, 0.4) is 0 Å². The summed E-state index contributed by atoms with van der Waals surface area (Å²) in [5, 5.41) is 0.284. The molecule has 0 heterocycles. The molecule has 0 bridgehead atoms. The average Bonchev–Trinajstić information content (AvgIpc) is 2.27. The standard InChI is InChI=1S/C11H11ClF2O3/c1-16-10(15)6-5-7-8(12)3-2-4-9(7)17-11(13)14/h2-4,11H,5-6H2,1H3. The molecule has 0 radical (unpaired) electrons. The van der Waals surface area contributed by atoms with E-state index in [4.69, 9.17) is 11.6 Å². The number of alkyl halides is 2. The summed E-state index contributed by atoms with van der Waals surface area (Å²) in [5.74, 6) is -0.454. The van der Waals surface area contributed by atoms with E-state index in [-0.39, 0.29) is 23.6 Å². The molecule has 0 aliphatic heterocycles. The lowest BCUT2D eigenvalue weighted by atomic mass is 10.1. The van der Waals surface area contributed by atoms with Crippen LogP contribution in [0.4, 0.5) is 8.78 Å². The number of carbonyl (C=O) groups is 1. The SMILES string of the molecule is COC(=O)CCc1c(Cl)cccc1OC(F)F. The normalized spacial score (nSPS) is 10.4. The maximum Gasteiger partial charge on any atom is 0.387 e. The van der Waals surface area contributed by atoms with Crippen LogP contribution in [0.15, 0.2) is 18.2 Å². The summed E-state index contributed by atoms with van der Waals surface area (Å²) in [7, 11) is 1.26. The highest BCUT2D eigenvalue weighted by molar-refractivity contribution is 6.31. The molecule has 0 saturated heterocycles. The number of ether oxygens (including phenoxy) is 2. The number of methoxy groups -OCH3 is 1. The van der Waals surface area contributed by atoms with Gasteiger partial charge in [-0.25, -0.2) is 0 Å². The molecule has 0 saturated carbocycles. The molecular formula is C11H11ClF2O3. The van der Waals surface area contributed by atoms with Crippen molar-refractivity contribution in [2.75, 3.05) is 7.11 Å². The zero-order valence-electron chi connectivity index (χ0n) is 9.08. The van der Waals surface area contributed by atoms with E-state index in [0.29, 0.717) is 5.56 Å². The zero-order chi connectivity index (χ0) is 12.8. The Labute approximate surface area is 102 Å². The van der Waals surface area contributed by atoms with Crippen molar-refractivity contribution in [1.29, 1.82) is 0 Å². The molecule has 0 atom stereocenters. The summed E-state index contributed by atoms with van der Waals surface area (Å²) >= 11 is 5.86. The molecule has 0 unspecified atom stereocenters. The van der Waals surface area contributed by atoms with Crippen LogP contribution in [0, 0.1) is 0 Å². The van der Waals surface area contributed by atoms with Gasteiger partial charge < -0.3 is 9.47 Å². The molecule has 0 spiro atoms. The number of carbonyl (C=O) groups excluding carboxylic acids is 1. The number of hydrogen-bond donors (Lipinski definition) is 0. The predicted molar refractivity (Wildman–Crippen MR) is 58.4 cm³/mol. The van der Waals surface area contributed by atoms with Gasteiger partial charge in [0.2, 0.25) is 0 Å². The van der Waals surface area contributed by atoms with E-state index >= 15 is 0 Å². The number of halogens is 3. The number of benzene rings is 1. The molecule has 3 nitrogen and oxygen atoms in total. The van der Waals surface area contributed by atoms with Crippen LogP contribution in [0.1, 0.15) is 12.0 Å². The van der Waals surface area contributed by atoms with Crippen LogP contribution in [-0.4, -0.2) is 19.7 Å². The van der Waals surface area contributed by atoms with Gasteiger partial charge in [0.15, 0.2) is 0 Å². The summed E-state index contributed by atoms with van der Waals surface area (Å²) in [6, 6.07) is 4.43. The maximum absolute atomic E-state index is 12.1. The highest BCUT2D eigenvalue weighted by Gasteiger charge is 2.13. The lowest BCUT2D eigenvalue weighted by Crippen LogP contribution is -2.07. The van der Waals surface area contributed by atoms with Crippen molar-refractivity contribution in [3.8, 4) is 5.75 Å². The molecule has 0 aliphatic carbocycles. The number of esters is 1. The fourth-order valence-electron chi connectivity index (χ4n) is 1.32. The quantitative estimate of drug-likeness (QED) is 0.767. The van der Waals surface area contributed by atoms with Gasteiger partial charge in [-0.1, -0.05) is 17.7 Å². The van der Waals surface area contributed by atoms with E-state index in [0.717, 1.165) is 0 Å². The molecule has 0 amide bonds. The number of rotatable bonds is 5. The van der Waals surface area contributed by atoms with Crippen molar-refractivity contribution in [2.24, 2.45) is 0 Å². The van der Waals surface area contributed by atoms with Crippen molar-refractivity contribution in [3.63, 3.8) is 0 Å². The Morgan fingerprint density at radius 2 is 2.18 bits per heavy atom. The third kappa shape index (κ3) is 4.19. The third-order valence-corrected chi connectivity index (χ3v) is 2.45. The monoisotopic (exact) mass is 264 g/mol. The molecule has 0 N–H and O–H groups in total. The first-order valence-electron chi connectivity index (χ1n) is 4.83. The average molecular weight is 265 g/mol. The van der Waals surface area contributed by atoms with Gasteiger partial charge in [-0.05, 0) is 18.6 Å². The van der Waals surface area contributed by atoms with Crippen LogP contribution >= 0.6 is 11.6 Å². The van der Waals surface area contributed by atoms with E-state index in [1.54, 1.807) is 6.07 Å². The minimum Gasteiger partial charge on any atom is -0.469 e. The van der Waals surface area contributed by atoms with Crippen molar-refractivity contribution < 1.29 is 23.0 Å². The van der Waals surface area contributed by atoms with Gasteiger partial charge in [0.1, 0.15) is 5.75 Å². The lowest BCUT2D eigenvalue weighted by Gasteiger charge is -2.11. The van der Waals surface area contributed by atoms with Crippen molar-refractivity contribution in [1.82, 2.24) is 0 Å². The smallest absolute Gasteiger partial charge is 0.387 e. The second-order valence-corrected chi connectivity index (χ2v) is 3.58. The molecule has 94 valence electrons.